The number of hydrogen-bond donors (Lipinski definition) is 1. The van der Waals surface area contributed by atoms with Crippen LogP contribution in [-0.4, -0.2) is 21.4 Å². The zero-order chi connectivity index (χ0) is 26.5. The van der Waals surface area contributed by atoms with E-state index in [9.17, 15) is 31.6 Å². The summed E-state index contributed by atoms with van der Waals surface area (Å²) in [6, 6.07) is 15.4. The largest absolute Gasteiger partial charge is 0.497 e. The number of alkyl halides is 3. The number of nitrogens with zero attached hydrogens (tertiary/aromatic N) is 1. The first-order valence-corrected chi connectivity index (χ1v) is 12.1. The van der Waals surface area contributed by atoms with E-state index in [-0.39, 0.29) is 26.4 Å². The van der Waals surface area contributed by atoms with Gasteiger partial charge in [-0.15, -0.1) is 0 Å². The third-order valence-corrected chi connectivity index (χ3v) is 6.50. The Balaban J connectivity index is 1.78. The van der Waals surface area contributed by atoms with Crippen molar-refractivity contribution >= 4 is 43.7 Å². The van der Waals surface area contributed by atoms with Crippen molar-refractivity contribution in [2.75, 3.05) is 12.4 Å². The van der Waals surface area contributed by atoms with Crippen LogP contribution in [-0.2, 0) is 21.1 Å². The summed E-state index contributed by atoms with van der Waals surface area (Å²) in [5, 5.41) is 11.6. The lowest BCUT2D eigenvalue weighted by Crippen LogP contribution is -2.14. The highest BCUT2D eigenvalue weighted by Crippen LogP contribution is 2.32. The predicted molar refractivity (Wildman–Crippen MR) is 129 cm³/mol. The fourth-order valence-electron chi connectivity index (χ4n) is 2.87. The molecule has 3 aromatic carbocycles. The predicted octanol–water partition coefficient (Wildman–Crippen LogP) is 5.79. The van der Waals surface area contributed by atoms with Crippen molar-refractivity contribution in [2.24, 2.45) is 0 Å². The lowest BCUT2D eigenvalue weighted by atomic mass is 10.1. The number of carbonyl (C=O) groups is 1. The van der Waals surface area contributed by atoms with Crippen molar-refractivity contribution in [3.63, 3.8) is 0 Å². The first-order valence-electron chi connectivity index (χ1n) is 9.91. The lowest BCUT2D eigenvalue weighted by molar-refractivity contribution is -0.137. The van der Waals surface area contributed by atoms with Crippen LogP contribution in [0.2, 0.25) is 0 Å². The monoisotopic (exact) mass is 580 g/mol. The molecule has 1 amide bonds. The Hall–Kier alpha value is -3.82. The summed E-state index contributed by atoms with van der Waals surface area (Å²) in [5.41, 5.74) is -1.15. The molecular formula is C24H16BrF3N2O5S. The molecule has 0 spiro atoms. The summed E-state index contributed by atoms with van der Waals surface area (Å²) in [6.45, 7) is 0. The number of rotatable bonds is 7. The molecule has 0 aromatic heterocycles. The van der Waals surface area contributed by atoms with E-state index in [1.165, 1.54) is 61.7 Å². The highest BCUT2D eigenvalue weighted by molar-refractivity contribution is 9.10. The highest BCUT2D eigenvalue weighted by atomic mass is 79.9. The Labute approximate surface area is 213 Å². The summed E-state index contributed by atoms with van der Waals surface area (Å²) < 4.78 is 74.1. The molecule has 186 valence electrons. The van der Waals surface area contributed by atoms with Gasteiger partial charge >= 0.3 is 16.3 Å². The topological polar surface area (TPSA) is 105 Å². The standard InChI is InChI=1S/C24H16BrF3N2O5S/c1-34-19-6-8-20(9-7-19)36(32,33)35-22-10-5-15(12-21(22)25)11-16(14-29)23(31)30-18-4-2-3-17(13-18)24(26,27)28/h2-13H,1H3,(H,30,31)/b16-11+. The molecule has 36 heavy (non-hydrogen) atoms. The van der Waals surface area contributed by atoms with Crippen molar-refractivity contribution in [1.29, 1.82) is 5.26 Å². The first kappa shape index (κ1) is 26.8. The first-order chi connectivity index (χ1) is 16.9. The molecule has 3 rings (SSSR count). The molecule has 0 radical (unpaired) electrons. The lowest BCUT2D eigenvalue weighted by Gasteiger charge is -2.10. The van der Waals surface area contributed by atoms with Crippen molar-refractivity contribution in [1.82, 2.24) is 0 Å². The van der Waals surface area contributed by atoms with E-state index >= 15 is 0 Å². The van der Waals surface area contributed by atoms with Gasteiger partial charge in [0.25, 0.3) is 5.91 Å². The fraction of sp³-hybridized carbons (Fsp3) is 0.0833. The number of amides is 1. The second-order valence-corrected chi connectivity index (χ2v) is 9.51. The number of benzene rings is 3. The number of nitriles is 1. The Kier molecular flexibility index (Phi) is 8.07. The van der Waals surface area contributed by atoms with Gasteiger partial charge in [0.15, 0.2) is 5.75 Å². The molecule has 7 nitrogen and oxygen atoms in total. The van der Waals surface area contributed by atoms with Crippen molar-refractivity contribution in [3.05, 3.63) is 87.9 Å². The van der Waals surface area contributed by atoms with Crippen LogP contribution in [0.1, 0.15) is 11.1 Å². The molecule has 3 aromatic rings. The number of carbonyl (C=O) groups excluding carboxylic acids is 1. The second kappa shape index (κ2) is 10.8. The van der Waals surface area contributed by atoms with Gasteiger partial charge in [-0.2, -0.15) is 26.9 Å². The van der Waals surface area contributed by atoms with Crippen LogP contribution in [0, 0.1) is 11.3 Å². The average Bonchev–Trinajstić information content (AvgIpc) is 2.83. The molecule has 0 aliphatic carbocycles. The van der Waals surface area contributed by atoms with Crippen LogP contribution in [0.25, 0.3) is 6.08 Å². The van der Waals surface area contributed by atoms with Gasteiger partial charge in [0.05, 0.1) is 17.1 Å². The molecule has 0 bridgehead atoms. The third-order valence-electron chi connectivity index (χ3n) is 4.63. The van der Waals surface area contributed by atoms with E-state index in [0.29, 0.717) is 11.3 Å². The smallest absolute Gasteiger partial charge is 0.416 e. The molecular weight excluding hydrogens is 565 g/mol. The Morgan fingerprint density at radius 1 is 1.08 bits per heavy atom. The van der Waals surface area contributed by atoms with Gasteiger partial charge in [0, 0.05) is 5.69 Å². The summed E-state index contributed by atoms with van der Waals surface area (Å²) in [4.78, 5) is 12.3. The van der Waals surface area contributed by atoms with Gasteiger partial charge in [-0.3, -0.25) is 4.79 Å². The van der Waals surface area contributed by atoms with Crippen LogP contribution in [0.15, 0.2) is 81.7 Å². The van der Waals surface area contributed by atoms with E-state index in [0.717, 1.165) is 18.2 Å². The number of hydrogen-bond acceptors (Lipinski definition) is 6. The number of halogens is 4. The summed E-state index contributed by atoms with van der Waals surface area (Å²) in [7, 11) is -2.72. The Bertz CT molecular complexity index is 1460. The summed E-state index contributed by atoms with van der Waals surface area (Å²) >= 11 is 3.20. The quantitative estimate of drug-likeness (QED) is 0.215. The molecule has 0 saturated heterocycles. The third kappa shape index (κ3) is 6.65. The van der Waals surface area contributed by atoms with Crippen LogP contribution < -0.4 is 14.2 Å². The number of ether oxygens (including phenoxy) is 1. The minimum Gasteiger partial charge on any atom is -0.497 e. The molecule has 0 aliphatic rings. The van der Waals surface area contributed by atoms with E-state index in [1.807, 2.05) is 0 Å². The number of anilines is 1. The second-order valence-electron chi connectivity index (χ2n) is 7.11. The number of methoxy groups -OCH3 is 1. The van der Waals surface area contributed by atoms with Gasteiger partial charge in [0.2, 0.25) is 0 Å². The van der Waals surface area contributed by atoms with Crippen LogP contribution >= 0.6 is 15.9 Å². The normalized spacial score (nSPS) is 11.9. The van der Waals surface area contributed by atoms with Crippen LogP contribution in [0.4, 0.5) is 18.9 Å². The molecule has 0 unspecified atom stereocenters. The van der Waals surface area contributed by atoms with Crippen molar-refractivity contribution < 1.29 is 35.3 Å². The molecule has 0 atom stereocenters. The van der Waals surface area contributed by atoms with Crippen molar-refractivity contribution in [2.45, 2.75) is 11.1 Å². The van der Waals surface area contributed by atoms with E-state index in [2.05, 4.69) is 21.2 Å². The van der Waals surface area contributed by atoms with Gasteiger partial charge in [-0.05, 0) is 82.2 Å². The SMILES string of the molecule is COc1ccc(S(=O)(=O)Oc2ccc(/C=C(\C#N)C(=O)Nc3cccc(C(F)(F)F)c3)cc2Br)cc1. The molecule has 12 heteroatoms. The minimum atomic E-state index is -4.59. The summed E-state index contributed by atoms with van der Waals surface area (Å²) in [5.74, 6) is -0.498. The van der Waals surface area contributed by atoms with Gasteiger partial charge in [-0.1, -0.05) is 12.1 Å². The molecule has 0 fully saturated rings. The Morgan fingerprint density at radius 3 is 2.36 bits per heavy atom. The molecule has 1 N–H and O–H groups in total. The van der Waals surface area contributed by atoms with Crippen LogP contribution in [0.5, 0.6) is 11.5 Å². The zero-order valence-electron chi connectivity index (χ0n) is 18.3. The van der Waals surface area contributed by atoms with E-state index in [1.54, 1.807) is 6.07 Å². The Morgan fingerprint density at radius 2 is 1.78 bits per heavy atom. The zero-order valence-corrected chi connectivity index (χ0v) is 20.7. The fourth-order valence-corrected chi connectivity index (χ4v) is 4.40. The maximum atomic E-state index is 12.9. The molecule has 0 saturated carbocycles. The van der Waals surface area contributed by atoms with Crippen LogP contribution in [0.3, 0.4) is 0 Å². The van der Waals surface area contributed by atoms with Gasteiger partial charge < -0.3 is 14.2 Å². The molecule has 0 heterocycles. The molecule has 0 aliphatic heterocycles. The average molecular weight is 581 g/mol. The van der Waals surface area contributed by atoms with Crippen molar-refractivity contribution in [3.8, 4) is 17.6 Å². The minimum absolute atomic E-state index is 0.0464. The maximum Gasteiger partial charge on any atom is 0.416 e. The number of nitrogens with one attached hydrogen (secondary N) is 1. The van der Waals surface area contributed by atoms with E-state index in [4.69, 9.17) is 8.92 Å². The van der Waals surface area contributed by atoms with Gasteiger partial charge in [0.1, 0.15) is 22.3 Å². The summed E-state index contributed by atoms with van der Waals surface area (Å²) in [6.07, 6.45) is -3.40. The van der Waals surface area contributed by atoms with E-state index < -0.39 is 27.8 Å². The maximum absolute atomic E-state index is 12.9. The highest BCUT2D eigenvalue weighted by Gasteiger charge is 2.30. The van der Waals surface area contributed by atoms with Gasteiger partial charge in [-0.25, -0.2) is 0 Å².